The third-order valence-corrected chi connectivity index (χ3v) is 5.44. The number of carbonyl (C=O) groups is 2. The predicted octanol–water partition coefficient (Wildman–Crippen LogP) is 0.884. The summed E-state index contributed by atoms with van der Waals surface area (Å²) in [5, 5.41) is 0. The number of carbonyl (C=O) groups excluding carboxylic acids is 2. The molecule has 4 atom stereocenters. The van der Waals surface area contributed by atoms with Crippen LogP contribution >= 0.6 is 0 Å². The fourth-order valence-corrected chi connectivity index (χ4v) is 4.34. The summed E-state index contributed by atoms with van der Waals surface area (Å²) in [7, 11) is 1.61. The Labute approximate surface area is 117 Å². The number of rotatable bonds is 3. The van der Waals surface area contributed by atoms with Crippen molar-refractivity contribution in [3.05, 3.63) is 12.2 Å². The van der Waals surface area contributed by atoms with Gasteiger partial charge in [0.25, 0.3) is 0 Å². The van der Waals surface area contributed by atoms with E-state index in [-0.39, 0.29) is 29.2 Å². The molecule has 3 heterocycles. The standard InChI is InChI=1S/C15H19NO4/c1-13-4-5-14(2,20-13)10-9(13)11(17)16(12(10)18)15(6-7-15)8-19-3/h4-5,9-10H,6-8H2,1-3H3. The average molecular weight is 277 g/mol. The van der Waals surface area contributed by atoms with Crippen LogP contribution in [0.2, 0.25) is 0 Å². The fraction of sp³-hybridized carbons (Fsp3) is 0.733. The van der Waals surface area contributed by atoms with Gasteiger partial charge >= 0.3 is 0 Å². The molecular weight excluding hydrogens is 258 g/mol. The lowest BCUT2D eigenvalue weighted by atomic mass is 9.73. The van der Waals surface area contributed by atoms with Gasteiger partial charge in [-0.05, 0) is 26.7 Å². The van der Waals surface area contributed by atoms with Gasteiger partial charge in [0.2, 0.25) is 11.8 Å². The maximum atomic E-state index is 12.8. The molecule has 4 rings (SSSR count). The van der Waals surface area contributed by atoms with Crippen molar-refractivity contribution in [1.29, 1.82) is 0 Å². The summed E-state index contributed by atoms with van der Waals surface area (Å²) in [5.74, 6) is -0.908. The molecule has 1 aliphatic carbocycles. The molecule has 2 saturated heterocycles. The van der Waals surface area contributed by atoms with Crippen molar-refractivity contribution in [2.45, 2.75) is 43.4 Å². The molecule has 5 nitrogen and oxygen atoms in total. The molecule has 0 aromatic heterocycles. The molecular formula is C15H19NO4. The Kier molecular flexibility index (Phi) is 2.09. The first-order valence-corrected chi connectivity index (χ1v) is 7.14. The van der Waals surface area contributed by atoms with Crippen LogP contribution in [0.4, 0.5) is 0 Å². The number of likely N-dealkylation sites (tertiary alicyclic amines) is 1. The SMILES string of the molecule is COCC1(N2C(=O)C3C(C2=O)C2(C)C=CC3(C)O2)CC1. The van der Waals surface area contributed by atoms with Crippen LogP contribution < -0.4 is 0 Å². The van der Waals surface area contributed by atoms with Crippen molar-refractivity contribution in [2.75, 3.05) is 13.7 Å². The summed E-state index contributed by atoms with van der Waals surface area (Å²) in [6.45, 7) is 4.25. The normalized spacial score (nSPS) is 47.2. The number of fused-ring (bicyclic) bond motifs is 5. The lowest BCUT2D eigenvalue weighted by molar-refractivity contribution is -0.151. The van der Waals surface area contributed by atoms with Gasteiger partial charge in [-0.1, -0.05) is 12.2 Å². The Bertz CT molecular complexity index is 516. The van der Waals surface area contributed by atoms with Gasteiger partial charge in [-0.2, -0.15) is 0 Å². The Balaban J connectivity index is 1.76. The highest BCUT2D eigenvalue weighted by molar-refractivity contribution is 6.08. The molecule has 20 heavy (non-hydrogen) atoms. The third kappa shape index (κ3) is 1.21. The Morgan fingerprint density at radius 3 is 2.10 bits per heavy atom. The summed E-state index contributed by atoms with van der Waals surface area (Å²) >= 11 is 0. The van der Waals surface area contributed by atoms with Gasteiger partial charge in [0.15, 0.2) is 0 Å². The first-order chi connectivity index (χ1) is 9.37. The molecule has 108 valence electrons. The smallest absolute Gasteiger partial charge is 0.237 e. The summed E-state index contributed by atoms with van der Waals surface area (Å²) in [4.78, 5) is 27.2. The highest BCUT2D eigenvalue weighted by Crippen LogP contribution is 2.59. The van der Waals surface area contributed by atoms with E-state index < -0.39 is 11.2 Å². The number of hydrogen-bond acceptors (Lipinski definition) is 4. The maximum Gasteiger partial charge on any atom is 0.237 e. The van der Waals surface area contributed by atoms with E-state index in [1.165, 1.54) is 4.90 Å². The van der Waals surface area contributed by atoms with E-state index in [2.05, 4.69) is 0 Å². The van der Waals surface area contributed by atoms with Gasteiger partial charge in [0, 0.05) is 7.11 Å². The van der Waals surface area contributed by atoms with E-state index in [0.717, 1.165) is 12.8 Å². The van der Waals surface area contributed by atoms with Crippen LogP contribution in [0.25, 0.3) is 0 Å². The van der Waals surface area contributed by atoms with E-state index in [1.807, 2.05) is 26.0 Å². The molecule has 0 spiro atoms. The van der Waals surface area contributed by atoms with Crippen molar-refractivity contribution < 1.29 is 19.1 Å². The van der Waals surface area contributed by atoms with Gasteiger partial charge < -0.3 is 9.47 Å². The monoisotopic (exact) mass is 277 g/mol. The molecule has 0 N–H and O–H groups in total. The van der Waals surface area contributed by atoms with Gasteiger partial charge in [0.05, 0.1) is 35.2 Å². The van der Waals surface area contributed by atoms with Crippen LogP contribution in [-0.4, -0.2) is 47.2 Å². The second-order valence-corrected chi connectivity index (χ2v) is 6.93. The molecule has 4 unspecified atom stereocenters. The van der Waals surface area contributed by atoms with Gasteiger partial charge in [-0.3, -0.25) is 14.5 Å². The van der Waals surface area contributed by atoms with E-state index >= 15 is 0 Å². The van der Waals surface area contributed by atoms with Crippen LogP contribution in [0.3, 0.4) is 0 Å². The summed E-state index contributed by atoms with van der Waals surface area (Å²) in [5.41, 5.74) is -1.66. The molecule has 2 amide bonds. The highest BCUT2D eigenvalue weighted by Gasteiger charge is 2.73. The zero-order chi connectivity index (χ0) is 14.3. The predicted molar refractivity (Wildman–Crippen MR) is 69.7 cm³/mol. The fourth-order valence-electron chi connectivity index (χ4n) is 4.34. The Morgan fingerprint density at radius 2 is 1.70 bits per heavy atom. The molecule has 0 radical (unpaired) electrons. The minimum absolute atomic E-state index is 0.0786. The zero-order valence-electron chi connectivity index (χ0n) is 12.0. The second kappa shape index (κ2) is 3.34. The maximum absolute atomic E-state index is 12.8. The summed E-state index contributed by atoms with van der Waals surface area (Å²) in [6, 6.07) is 0. The number of methoxy groups -OCH3 is 1. The molecule has 0 aromatic carbocycles. The van der Waals surface area contributed by atoms with Crippen LogP contribution in [0, 0.1) is 11.8 Å². The number of ether oxygens (including phenoxy) is 2. The van der Waals surface area contributed by atoms with Gasteiger partial charge in [-0.15, -0.1) is 0 Å². The van der Waals surface area contributed by atoms with E-state index in [9.17, 15) is 9.59 Å². The number of imide groups is 1. The molecule has 2 bridgehead atoms. The summed E-state index contributed by atoms with van der Waals surface area (Å²) in [6.07, 6.45) is 5.58. The molecule has 1 saturated carbocycles. The average Bonchev–Trinajstić information content (AvgIpc) is 2.88. The molecule has 5 heteroatoms. The van der Waals surface area contributed by atoms with Gasteiger partial charge in [-0.25, -0.2) is 0 Å². The van der Waals surface area contributed by atoms with Crippen molar-refractivity contribution in [3.8, 4) is 0 Å². The van der Waals surface area contributed by atoms with Crippen LogP contribution in [0.5, 0.6) is 0 Å². The zero-order valence-corrected chi connectivity index (χ0v) is 12.0. The largest absolute Gasteiger partial charge is 0.382 e. The first-order valence-electron chi connectivity index (χ1n) is 7.14. The molecule has 3 fully saturated rings. The third-order valence-electron chi connectivity index (χ3n) is 5.44. The van der Waals surface area contributed by atoms with E-state index in [1.54, 1.807) is 7.11 Å². The van der Waals surface area contributed by atoms with Crippen LogP contribution in [0.1, 0.15) is 26.7 Å². The van der Waals surface area contributed by atoms with Crippen LogP contribution in [-0.2, 0) is 19.1 Å². The van der Waals surface area contributed by atoms with E-state index in [4.69, 9.17) is 9.47 Å². The number of amides is 2. The lowest BCUT2D eigenvalue weighted by Gasteiger charge is -2.30. The molecule has 0 aromatic rings. The minimum atomic E-state index is -0.635. The van der Waals surface area contributed by atoms with Crippen molar-refractivity contribution >= 4 is 11.8 Å². The van der Waals surface area contributed by atoms with Crippen LogP contribution in [0.15, 0.2) is 12.2 Å². The number of nitrogens with zero attached hydrogens (tertiary/aromatic N) is 1. The van der Waals surface area contributed by atoms with Gasteiger partial charge in [0.1, 0.15) is 0 Å². The first kappa shape index (κ1) is 12.5. The summed E-state index contributed by atoms with van der Waals surface area (Å²) < 4.78 is 11.2. The van der Waals surface area contributed by atoms with E-state index in [0.29, 0.717) is 6.61 Å². The Hall–Kier alpha value is -1.20. The lowest BCUT2D eigenvalue weighted by Crippen LogP contribution is -2.48. The minimum Gasteiger partial charge on any atom is -0.382 e. The highest BCUT2D eigenvalue weighted by atomic mass is 16.5. The number of hydrogen-bond donors (Lipinski definition) is 0. The molecule has 3 aliphatic heterocycles. The topological polar surface area (TPSA) is 55.8 Å². The Morgan fingerprint density at radius 1 is 1.20 bits per heavy atom. The van der Waals surface area contributed by atoms with Crippen molar-refractivity contribution in [1.82, 2.24) is 4.90 Å². The molecule has 4 aliphatic rings. The second-order valence-electron chi connectivity index (χ2n) is 6.93. The quantitative estimate of drug-likeness (QED) is 0.568. The van der Waals surface area contributed by atoms with Crippen molar-refractivity contribution in [2.24, 2.45) is 11.8 Å². The van der Waals surface area contributed by atoms with Crippen molar-refractivity contribution in [3.63, 3.8) is 0 Å².